The summed E-state index contributed by atoms with van der Waals surface area (Å²) in [6.45, 7) is 2.41. The first-order valence-corrected chi connectivity index (χ1v) is 21.1. The molecule has 0 spiro atoms. The van der Waals surface area contributed by atoms with E-state index < -0.39 is 25.8 Å². The first-order chi connectivity index (χ1) is 18.3. The molecule has 1 unspecified atom stereocenters. The number of hydrogen-bond acceptors (Lipinski definition) is 0. The molecule has 0 N–H and O–H groups in total. The van der Waals surface area contributed by atoms with E-state index in [1.165, 1.54) is 16.7 Å². The molecule has 7 rings (SSSR count). The summed E-state index contributed by atoms with van der Waals surface area (Å²) in [4.78, 5) is 0. The third-order valence-electron chi connectivity index (χ3n) is 8.01. The van der Waals surface area contributed by atoms with Crippen LogP contribution in [0.1, 0.15) is 36.4 Å². The second-order valence-corrected chi connectivity index (χ2v) is 24.2. The summed E-state index contributed by atoms with van der Waals surface area (Å²) in [5, 5.41) is 3.15. The van der Waals surface area contributed by atoms with Crippen LogP contribution in [0.4, 0.5) is 0 Å². The second kappa shape index (κ2) is 11.9. The Bertz CT molecular complexity index is 1610. The van der Waals surface area contributed by atoms with Gasteiger partial charge in [0.2, 0.25) is 0 Å². The first-order valence-electron chi connectivity index (χ1n) is 13.1. The van der Waals surface area contributed by atoms with Crippen molar-refractivity contribution >= 4 is 46.7 Å². The smallest absolute Gasteiger partial charge is 0.147 e. The van der Waals surface area contributed by atoms with Gasteiger partial charge >= 0.3 is 229 Å². The molecular formula is C35H30Cl2SiZr. The predicted molar refractivity (Wildman–Crippen MR) is 169 cm³/mol. The van der Waals surface area contributed by atoms with Crippen LogP contribution in [0.15, 0.2) is 139 Å². The van der Waals surface area contributed by atoms with E-state index in [2.05, 4.69) is 146 Å². The van der Waals surface area contributed by atoms with Crippen LogP contribution in [0.2, 0.25) is 0 Å². The molecule has 1 atom stereocenters. The number of hydrogen-bond donors (Lipinski definition) is 0. The fourth-order valence-corrected chi connectivity index (χ4v) is 31.5. The van der Waals surface area contributed by atoms with E-state index in [0.29, 0.717) is 7.25 Å². The maximum Gasteiger partial charge on any atom is -0.147 e. The van der Waals surface area contributed by atoms with Gasteiger partial charge in [-0.25, -0.2) is 0 Å². The monoisotopic (exact) mass is 638 g/mol. The zero-order valence-corrected chi connectivity index (χ0v) is 26.8. The third kappa shape index (κ3) is 4.87. The maximum atomic E-state index is 2.49. The van der Waals surface area contributed by atoms with Crippen LogP contribution in [0.5, 0.6) is 0 Å². The van der Waals surface area contributed by atoms with Gasteiger partial charge in [-0.1, -0.05) is 0 Å². The molecule has 4 heteroatoms. The molecule has 0 fully saturated rings. The first kappa shape index (κ1) is 28.1. The average molecular weight is 641 g/mol. The second-order valence-electron chi connectivity index (χ2n) is 10.1. The van der Waals surface area contributed by atoms with Gasteiger partial charge in [-0.3, -0.25) is 0 Å². The molecule has 5 aromatic carbocycles. The molecule has 0 saturated heterocycles. The minimum atomic E-state index is -2.50. The minimum absolute atomic E-state index is 0. The quantitative estimate of drug-likeness (QED) is 0.174. The molecular weight excluding hydrogens is 611 g/mol. The van der Waals surface area contributed by atoms with Crippen molar-refractivity contribution in [1.29, 1.82) is 0 Å². The van der Waals surface area contributed by atoms with E-state index in [9.17, 15) is 0 Å². The third-order valence-corrected chi connectivity index (χ3v) is 28.8. The zero-order chi connectivity index (χ0) is 24.8. The van der Waals surface area contributed by atoms with Gasteiger partial charge in [0.1, 0.15) is 0 Å². The Morgan fingerprint density at radius 1 is 0.487 bits per heavy atom. The SMILES string of the molecule is CC1=Cc2ccccc2[CH]1[Zr]([CH]1c2ccccc2-c2ccccc21)=[Si](c1ccccc1)c1ccccc1.Cl.Cl. The molecule has 2 aliphatic rings. The number of rotatable bonds is 4. The van der Waals surface area contributed by atoms with Crippen molar-refractivity contribution < 1.29 is 20.4 Å². The van der Waals surface area contributed by atoms with Crippen molar-refractivity contribution in [2.45, 2.75) is 14.2 Å². The summed E-state index contributed by atoms with van der Waals surface area (Å²) in [5.74, 6) is 0. The normalized spacial score (nSPS) is 14.7. The summed E-state index contributed by atoms with van der Waals surface area (Å²) >= 11 is -2.50. The number of benzene rings is 5. The largest absolute Gasteiger partial charge is 0.147 e. The van der Waals surface area contributed by atoms with Crippen molar-refractivity contribution in [3.05, 3.63) is 161 Å². The summed E-state index contributed by atoms with van der Waals surface area (Å²) in [5.41, 5.74) is 9.64. The minimum Gasteiger partial charge on any atom is -0.147 e. The summed E-state index contributed by atoms with van der Waals surface area (Å²) in [6.07, 6.45) is 2.49. The van der Waals surface area contributed by atoms with E-state index in [1.54, 1.807) is 32.6 Å². The Labute approximate surface area is 251 Å². The Kier molecular flexibility index (Phi) is 8.60. The molecule has 0 amide bonds. The van der Waals surface area contributed by atoms with Crippen LogP contribution >= 0.6 is 24.8 Å². The van der Waals surface area contributed by atoms with Gasteiger partial charge in [-0.2, -0.15) is 0 Å². The van der Waals surface area contributed by atoms with Gasteiger partial charge in [-0.05, 0) is 0 Å². The Morgan fingerprint density at radius 3 is 1.46 bits per heavy atom. The molecule has 192 valence electrons. The van der Waals surface area contributed by atoms with Crippen molar-refractivity contribution in [3.63, 3.8) is 0 Å². The molecule has 0 aliphatic heterocycles. The van der Waals surface area contributed by atoms with Crippen molar-refractivity contribution in [2.24, 2.45) is 0 Å². The fraction of sp³-hybridized carbons (Fsp3) is 0.0857. The zero-order valence-electron chi connectivity index (χ0n) is 21.8. The van der Waals surface area contributed by atoms with Gasteiger partial charge in [-0.15, -0.1) is 24.8 Å². The average Bonchev–Trinajstić information content (AvgIpc) is 3.47. The maximum absolute atomic E-state index is 2.50. The van der Waals surface area contributed by atoms with Gasteiger partial charge in [0.05, 0.1) is 0 Å². The Balaban J connectivity index is 0.00000154. The van der Waals surface area contributed by atoms with E-state index in [4.69, 9.17) is 0 Å². The molecule has 2 aliphatic carbocycles. The standard InChI is InChI=1S/C13H9.C12H10Si.C10H9.2ClH.Zr/c1-3-7-12-10(5-1)9-11-6-2-4-8-13(11)12;1-3-7-11(8-4-1)13-12-9-5-2-6-10-12;1-8-6-9-4-2-3-5-10(9)7-8;;;/h1-9H;1-10H;2-7H,1H3;2*1H;. The summed E-state index contributed by atoms with van der Waals surface area (Å²) in [7, 11) is 0. The summed E-state index contributed by atoms with van der Waals surface area (Å²) < 4.78 is 1.10. The number of halogens is 2. The van der Waals surface area contributed by atoms with Gasteiger partial charge in [0, 0.05) is 0 Å². The molecule has 0 nitrogen and oxygen atoms in total. The van der Waals surface area contributed by atoms with Crippen molar-refractivity contribution in [2.75, 3.05) is 0 Å². The van der Waals surface area contributed by atoms with Crippen molar-refractivity contribution in [3.8, 4) is 11.1 Å². The van der Waals surface area contributed by atoms with Gasteiger partial charge < -0.3 is 0 Å². The van der Waals surface area contributed by atoms with Crippen LogP contribution in [0.3, 0.4) is 0 Å². The molecule has 5 aromatic rings. The predicted octanol–water partition coefficient (Wildman–Crippen LogP) is 8.18. The van der Waals surface area contributed by atoms with Crippen LogP contribution in [0, 0.1) is 0 Å². The molecule has 0 radical (unpaired) electrons. The van der Waals surface area contributed by atoms with E-state index in [-0.39, 0.29) is 24.8 Å². The van der Waals surface area contributed by atoms with Crippen molar-refractivity contribution in [1.82, 2.24) is 0 Å². The Hall–Kier alpha value is -2.48. The summed E-state index contributed by atoms with van der Waals surface area (Å²) in [6, 6.07) is 50.9. The topological polar surface area (TPSA) is 0 Å². The van der Waals surface area contributed by atoms with Crippen LogP contribution in [-0.2, 0) is 20.4 Å². The molecule has 0 bridgehead atoms. The fourth-order valence-electron chi connectivity index (χ4n) is 6.55. The molecule has 39 heavy (non-hydrogen) atoms. The van der Waals surface area contributed by atoms with Crippen LogP contribution < -0.4 is 10.4 Å². The van der Waals surface area contributed by atoms with E-state index >= 15 is 0 Å². The molecule has 0 heterocycles. The van der Waals surface area contributed by atoms with Gasteiger partial charge in [0.25, 0.3) is 0 Å². The number of allylic oxidation sites excluding steroid dienone is 1. The molecule has 0 aromatic heterocycles. The van der Waals surface area contributed by atoms with E-state index in [1.807, 2.05) is 0 Å². The molecule has 0 saturated carbocycles. The van der Waals surface area contributed by atoms with E-state index in [0.717, 1.165) is 0 Å². The number of fused-ring (bicyclic) bond motifs is 4. The van der Waals surface area contributed by atoms with Gasteiger partial charge in [0.15, 0.2) is 0 Å². The Morgan fingerprint density at radius 2 is 0.923 bits per heavy atom. The van der Waals surface area contributed by atoms with Crippen LogP contribution in [-0.4, -0.2) is 5.43 Å². The van der Waals surface area contributed by atoms with Crippen LogP contribution in [0.25, 0.3) is 17.2 Å².